The van der Waals surface area contributed by atoms with E-state index in [1.54, 1.807) is 0 Å². The number of ether oxygens (including phenoxy) is 1. The third kappa shape index (κ3) is 2.97. The van der Waals surface area contributed by atoms with Gasteiger partial charge in [-0.3, -0.25) is 9.69 Å². The van der Waals surface area contributed by atoms with Crippen LogP contribution in [0.15, 0.2) is 0 Å². The van der Waals surface area contributed by atoms with Crippen molar-refractivity contribution in [2.24, 2.45) is 5.92 Å². The average molecular weight is 187 g/mol. The standard InChI is InChI=1S/C9H17NO3/c1-7(9(12)13-2)5-10-4-3-8(11)6-10/h7-8,11H,3-6H2,1-2H3. The van der Waals surface area contributed by atoms with Gasteiger partial charge in [0.2, 0.25) is 0 Å². The summed E-state index contributed by atoms with van der Waals surface area (Å²) in [5.74, 6) is -0.281. The van der Waals surface area contributed by atoms with Crippen molar-refractivity contribution in [2.75, 3.05) is 26.7 Å². The molecule has 0 saturated carbocycles. The molecule has 76 valence electrons. The van der Waals surface area contributed by atoms with Crippen molar-refractivity contribution in [3.8, 4) is 0 Å². The molecule has 2 atom stereocenters. The third-order valence-electron chi connectivity index (χ3n) is 2.38. The molecule has 0 aliphatic carbocycles. The van der Waals surface area contributed by atoms with Gasteiger partial charge in [0.05, 0.1) is 19.1 Å². The summed E-state index contributed by atoms with van der Waals surface area (Å²) in [6.07, 6.45) is 0.596. The van der Waals surface area contributed by atoms with Gasteiger partial charge in [0.1, 0.15) is 0 Å². The molecule has 0 spiro atoms. The van der Waals surface area contributed by atoms with Crippen LogP contribution in [0.25, 0.3) is 0 Å². The summed E-state index contributed by atoms with van der Waals surface area (Å²) in [7, 11) is 1.40. The van der Waals surface area contributed by atoms with Gasteiger partial charge in [0.25, 0.3) is 0 Å². The van der Waals surface area contributed by atoms with E-state index in [4.69, 9.17) is 0 Å². The summed E-state index contributed by atoms with van der Waals surface area (Å²) in [6, 6.07) is 0. The Morgan fingerprint density at radius 1 is 1.77 bits per heavy atom. The Kier molecular flexibility index (Phi) is 3.69. The van der Waals surface area contributed by atoms with Gasteiger partial charge in [-0.15, -0.1) is 0 Å². The molecule has 1 fully saturated rings. The zero-order valence-corrected chi connectivity index (χ0v) is 8.19. The Labute approximate surface area is 78.5 Å². The Morgan fingerprint density at radius 2 is 2.46 bits per heavy atom. The topological polar surface area (TPSA) is 49.8 Å². The highest BCUT2D eigenvalue weighted by atomic mass is 16.5. The maximum absolute atomic E-state index is 11.1. The summed E-state index contributed by atoms with van der Waals surface area (Å²) in [5.41, 5.74) is 0. The molecule has 1 rings (SSSR count). The largest absolute Gasteiger partial charge is 0.469 e. The van der Waals surface area contributed by atoms with Crippen molar-refractivity contribution < 1.29 is 14.6 Å². The molecule has 0 bridgehead atoms. The highest BCUT2D eigenvalue weighted by Crippen LogP contribution is 2.11. The van der Waals surface area contributed by atoms with Crippen LogP contribution in [0.4, 0.5) is 0 Å². The quantitative estimate of drug-likeness (QED) is 0.625. The van der Waals surface area contributed by atoms with E-state index in [1.165, 1.54) is 7.11 Å². The van der Waals surface area contributed by atoms with Gasteiger partial charge in [0.15, 0.2) is 0 Å². The molecule has 0 aromatic carbocycles. The minimum absolute atomic E-state index is 0.102. The number of hydrogen-bond acceptors (Lipinski definition) is 4. The number of hydrogen-bond donors (Lipinski definition) is 1. The molecule has 4 heteroatoms. The maximum atomic E-state index is 11.1. The molecule has 1 heterocycles. The van der Waals surface area contributed by atoms with Gasteiger partial charge >= 0.3 is 5.97 Å². The normalized spacial score (nSPS) is 25.9. The fourth-order valence-electron chi connectivity index (χ4n) is 1.64. The number of carbonyl (C=O) groups is 1. The van der Waals surface area contributed by atoms with Crippen molar-refractivity contribution in [3.63, 3.8) is 0 Å². The Morgan fingerprint density at radius 3 is 2.92 bits per heavy atom. The zero-order chi connectivity index (χ0) is 9.84. The van der Waals surface area contributed by atoms with Crippen molar-refractivity contribution >= 4 is 5.97 Å². The van der Waals surface area contributed by atoms with Crippen molar-refractivity contribution in [1.29, 1.82) is 0 Å². The van der Waals surface area contributed by atoms with Crippen molar-refractivity contribution in [1.82, 2.24) is 4.90 Å². The SMILES string of the molecule is COC(=O)C(C)CN1CCC(O)C1. The first-order chi connectivity index (χ1) is 6.13. The highest BCUT2D eigenvalue weighted by molar-refractivity contribution is 5.72. The summed E-state index contributed by atoms with van der Waals surface area (Å²) in [5, 5.41) is 9.25. The molecule has 0 aromatic heterocycles. The molecule has 4 nitrogen and oxygen atoms in total. The van der Waals surface area contributed by atoms with Gasteiger partial charge in [0, 0.05) is 19.6 Å². The molecule has 2 unspecified atom stereocenters. The lowest BCUT2D eigenvalue weighted by molar-refractivity contribution is -0.145. The minimum Gasteiger partial charge on any atom is -0.469 e. The number of aliphatic hydroxyl groups excluding tert-OH is 1. The van der Waals surface area contributed by atoms with E-state index in [0.29, 0.717) is 13.1 Å². The van der Waals surface area contributed by atoms with Crippen molar-refractivity contribution in [3.05, 3.63) is 0 Å². The third-order valence-corrected chi connectivity index (χ3v) is 2.38. The lowest BCUT2D eigenvalue weighted by atomic mass is 10.2. The second-order valence-electron chi connectivity index (χ2n) is 3.63. The van der Waals surface area contributed by atoms with Gasteiger partial charge < -0.3 is 9.84 Å². The van der Waals surface area contributed by atoms with E-state index in [9.17, 15) is 9.90 Å². The number of carbonyl (C=O) groups excluding carboxylic acids is 1. The van der Waals surface area contributed by atoms with Crippen LogP contribution in [-0.4, -0.2) is 48.8 Å². The Hall–Kier alpha value is -0.610. The predicted octanol–water partition coefficient (Wildman–Crippen LogP) is -0.138. The number of β-amino-alcohol motifs (C(OH)–C–C–N with tert-alkyl or cyclic N) is 1. The summed E-state index contributed by atoms with van der Waals surface area (Å²) >= 11 is 0. The first-order valence-electron chi connectivity index (χ1n) is 4.61. The van der Waals surface area contributed by atoms with Crippen LogP contribution >= 0.6 is 0 Å². The van der Waals surface area contributed by atoms with E-state index in [0.717, 1.165) is 13.0 Å². The van der Waals surface area contributed by atoms with Crippen LogP contribution in [0.2, 0.25) is 0 Å². The second-order valence-corrected chi connectivity index (χ2v) is 3.63. The summed E-state index contributed by atoms with van der Waals surface area (Å²) in [6.45, 7) is 4.09. The number of methoxy groups -OCH3 is 1. The fourth-order valence-corrected chi connectivity index (χ4v) is 1.64. The van der Waals surface area contributed by atoms with Crippen LogP contribution in [0.3, 0.4) is 0 Å². The zero-order valence-electron chi connectivity index (χ0n) is 8.19. The first-order valence-corrected chi connectivity index (χ1v) is 4.61. The maximum Gasteiger partial charge on any atom is 0.309 e. The molecule has 1 aliphatic heterocycles. The van der Waals surface area contributed by atoms with Crippen LogP contribution in [0.1, 0.15) is 13.3 Å². The first kappa shape index (κ1) is 10.5. The van der Waals surface area contributed by atoms with Crippen LogP contribution < -0.4 is 0 Å². The average Bonchev–Trinajstić information content (AvgIpc) is 2.49. The van der Waals surface area contributed by atoms with Gasteiger partial charge in [-0.2, -0.15) is 0 Å². The predicted molar refractivity (Wildman–Crippen MR) is 48.2 cm³/mol. The van der Waals surface area contributed by atoms with E-state index in [-0.39, 0.29) is 18.0 Å². The minimum atomic E-state index is -0.218. The van der Waals surface area contributed by atoms with Gasteiger partial charge in [-0.1, -0.05) is 6.92 Å². The summed E-state index contributed by atoms with van der Waals surface area (Å²) in [4.78, 5) is 13.2. The van der Waals surface area contributed by atoms with E-state index in [1.807, 2.05) is 6.92 Å². The Balaban J connectivity index is 2.28. The van der Waals surface area contributed by atoms with E-state index >= 15 is 0 Å². The lowest BCUT2D eigenvalue weighted by Gasteiger charge is -2.18. The fraction of sp³-hybridized carbons (Fsp3) is 0.889. The monoisotopic (exact) mass is 187 g/mol. The van der Waals surface area contributed by atoms with Crippen LogP contribution in [-0.2, 0) is 9.53 Å². The van der Waals surface area contributed by atoms with Gasteiger partial charge in [-0.05, 0) is 6.42 Å². The molecule has 0 amide bonds. The molecule has 0 aromatic rings. The molecule has 1 N–H and O–H groups in total. The molecular formula is C9H17NO3. The number of rotatable bonds is 3. The van der Waals surface area contributed by atoms with Crippen LogP contribution in [0, 0.1) is 5.92 Å². The lowest BCUT2D eigenvalue weighted by Crippen LogP contribution is -2.31. The van der Waals surface area contributed by atoms with E-state index < -0.39 is 0 Å². The van der Waals surface area contributed by atoms with Gasteiger partial charge in [-0.25, -0.2) is 0 Å². The number of nitrogens with zero attached hydrogens (tertiary/aromatic N) is 1. The number of likely N-dealkylation sites (tertiary alicyclic amines) is 1. The van der Waals surface area contributed by atoms with Crippen molar-refractivity contribution in [2.45, 2.75) is 19.4 Å². The highest BCUT2D eigenvalue weighted by Gasteiger charge is 2.24. The van der Waals surface area contributed by atoms with Crippen LogP contribution in [0.5, 0.6) is 0 Å². The van der Waals surface area contributed by atoms with E-state index in [2.05, 4.69) is 9.64 Å². The molecule has 1 aliphatic rings. The number of aliphatic hydroxyl groups is 1. The molecule has 0 radical (unpaired) electrons. The smallest absolute Gasteiger partial charge is 0.309 e. The molecule has 13 heavy (non-hydrogen) atoms. The summed E-state index contributed by atoms with van der Waals surface area (Å²) < 4.78 is 4.62. The molecule has 1 saturated heterocycles. The Bertz CT molecular complexity index is 184. The number of esters is 1. The molecular weight excluding hydrogens is 170 g/mol. The second kappa shape index (κ2) is 4.58.